The number of hydrogen-bond donors (Lipinski definition) is 3. The zero-order chi connectivity index (χ0) is 48.2. The first-order valence-electron chi connectivity index (χ1n) is 22.1. The number of nitrogens with one attached hydrogen (secondary N) is 2. The van der Waals surface area contributed by atoms with Crippen molar-refractivity contribution in [1.82, 2.24) is 25.4 Å². The van der Waals surface area contributed by atoms with Crippen LogP contribution in [-0.4, -0.2) is 94.0 Å². The molecule has 352 valence electrons. The standard InChI is InChI=1S/C50H53F3N6O7S/c1-29(32-9-11-33(12-10-32)45-30(2)56-28-67-45)57-46(63)41-22-37(60)27-59(41)48(65)40(49(3,4)5)24-55-44(62)20-19-43(61)54-23-31-25-58(26-31)47(64)35-13-18-39-34(21-35)7-6-8-42(39)66-38-16-14-36(15-17-38)50(51,52)53/h6-18,21,24,28-29,31,37,40-41,60H,19-20,22-23,25-27H2,1-5H3,(H,54,61)(H,57,63)/t29-,37+,40?,41-/m0/s1. The van der Waals surface area contributed by atoms with Crippen molar-refractivity contribution < 1.29 is 47.0 Å². The second kappa shape index (κ2) is 20.2. The SMILES string of the molecule is Cc1ncsc1-c1ccc([C@H](C)NC(=O)[C@@H]2C[C@@H](O)CN2C(=O)C(C=NC(=O)CCC(=O)NCC2CN(C(=O)c3ccc4c(Oc5ccc(C(F)(F)F)cc5)cccc4c3)C2)C(C)(C)C)cc1. The molecule has 2 fully saturated rings. The molecule has 67 heavy (non-hydrogen) atoms. The number of β-amino-alcohol motifs (C(OH)–C–C–N with tert-alkyl or cyclic N) is 1. The monoisotopic (exact) mass is 938 g/mol. The Morgan fingerprint density at radius 3 is 2.33 bits per heavy atom. The first-order valence-corrected chi connectivity index (χ1v) is 22.9. The molecule has 0 saturated carbocycles. The van der Waals surface area contributed by atoms with Crippen LogP contribution in [0.25, 0.3) is 21.2 Å². The Labute approximate surface area is 390 Å². The van der Waals surface area contributed by atoms with Gasteiger partial charge in [0.2, 0.25) is 23.6 Å². The van der Waals surface area contributed by atoms with Crippen molar-refractivity contribution in [1.29, 1.82) is 0 Å². The lowest BCUT2D eigenvalue weighted by Crippen LogP contribution is -2.53. The van der Waals surface area contributed by atoms with Gasteiger partial charge < -0.3 is 30.3 Å². The van der Waals surface area contributed by atoms with Crippen molar-refractivity contribution in [3.05, 3.63) is 113 Å². The van der Waals surface area contributed by atoms with Gasteiger partial charge in [0.1, 0.15) is 17.5 Å². The third kappa shape index (κ3) is 11.7. The van der Waals surface area contributed by atoms with Gasteiger partial charge in [-0.3, -0.25) is 24.0 Å². The number of fused-ring (bicyclic) bond motifs is 1. The van der Waals surface area contributed by atoms with E-state index in [0.717, 1.165) is 33.8 Å². The predicted molar refractivity (Wildman–Crippen MR) is 249 cm³/mol. The van der Waals surface area contributed by atoms with E-state index in [1.807, 2.05) is 65.0 Å². The zero-order valence-electron chi connectivity index (χ0n) is 37.8. The van der Waals surface area contributed by atoms with Crippen molar-refractivity contribution in [2.24, 2.45) is 22.2 Å². The third-order valence-corrected chi connectivity index (χ3v) is 13.1. The van der Waals surface area contributed by atoms with E-state index in [0.29, 0.717) is 41.7 Å². The molecule has 1 unspecified atom stereocenters. The first-order chi connectivity index (χ1) is 31.7. The number of aryl methyl sites for hydroxylation is 1. The number of aliphatic imine (C=N–C) groups is 1. The molecule has 0 aliphatic carbocycles. The summed E-state index contributed by atoms with van der Waals surface area (Å²) in [5.41, 5.74) is 3.61. The van der Waals surface area contributed by atoms with E-state index in [-0.39, 0.29) is 55.3 Å². The average Bonchev–Trinajstić information content (AvgIpc) is 3.89. The van der Waals surface area contributed by atoms with E-state index in [9.17, 15) is 42.3 Å². The van der Waals surface area contributed by atoms with Gasteiger partial charge in [-0.1, -0.05) is 57.2 Å². The van der Waals surface area contributed by atoms with Gasteiger partial charge in [-0.05, 0) is 84.3 Å². The highest BCUT2D eigenvalue weighted by molar-refractivity contribution is 7.13. The van der Waals surface area contributed by atoms with Gasteiger partial charge in [0.05, 0.1) is 39.7 Å². The van der Waals surface area contributed by atoms with E-state index in [1.165, 1.54) is 23.2 Å². The predicted octanol–water partition coefficient (Wildman–Crippen LogP) is 8.15. The van der Waals surface area contributed by atoms with E-state index < -0.39 is 52.9 Å². The molecule has 4 aromatic carbocycles. The summed E-state index contributed by atoms with van der Waals surface area (Å²) in [4.78, 5) is 79.1. The Balaban J connectivity index is 0.856. The fourth-order valence-corrected chi connectivity index (χ4v) is 9.00. The minimum atomic E-state index is -4.46. The Bertz CT molecular complexity index is 2660. The number of likely N-dealkylation sites (tertiary alicyclic amines) is 2. The number of aliphatic hydroxyl groups excluding tert-OH is 1. The van der Waals surface area contributed by atoms with Crippen LogP contribution in [0.3, 0.4) is 0 Å². The summed E-state index contributed by atoms with van der Waals surface area (Å²) in [5, 5.41) is 17.8. The molecule has 13 nitrogen and oxygen atoms in total. The van der Waals surface area contributed by atoms with Gasteiger partial charge >= 0.3 is 6.18 Å². The number of ether oxygens (including phenoxy) is 1. The summed E-state index contributed by atoms with van der Waals surface area (Å²) in [5.74, 6) is -2.22. The molecule has 2 aliphatic heterocycles. The number of benzene rings is 4. The molecule has 3 N–H and O–H groups in total. The normalized spacial score (nSPS) is 17.6. The molecule has 5 aromatic rings. The van der Waals surface area contributed by atoms with Crippen LogP contribution >= 0.6 is 11.3 Å². The molecule has 7 rings (SSSR count). The van der Waals surface area contributed by atoms with Gasteiger partial charge in [-0.15, -0.1) is 11.3 Å². The Morgan fingerprint density at radius 2 is 1.67 bits per heavy atom. The molecule has 0 spiro atoms. The van der Waals surface area contributed by atoms with Crippen molar-refractivity contribution >= 4 is 57.9 Å². The number of rotatable bonds is 14. The summed E-state index contributed by atoms with van der Waals surface area (Å²) < 4.78 is 44.8. The van der Waals surface area contributed by atoms with E-state index in [1.54, 1.807) is 52.1 Å². The number of thiazole rings is 1. The highest BCUT2D eigenvalue weighted by Gasteiger charge is 2.44. The second-order valence-electron chi connectivity index (χ2n) is 18.2. The largest absolute Gasteiger partial charge is 0.457 e. The van der Waals surface area contributed by atoms with Crippen LogP contribution in [0.15, 0.2) is 95.4 Å². The minimum absolute atomic E-state index is 0.00744. The van der Waals surface area contributed by atoms with Gasteiger partial charge in [-0.2, -0.15) is 13.2 Å². The summed E-state index contributed by atoms with van der Waals surface area (Å²) >= 11 is 1.55. The molecule has 5 amide bonds. The molecule has 4 atom stereocenters. The van der Waals surface area contributed by atoms with Crippen molar-refractivity contribution in [3.63, 3.8) is 0 Å². The molecule has 0 radical (unpaired) electrons. The first kappa shape index (κ1) is 48.5. The van der Waals surface area contributed by atoms with Crippen LogP contribution in [-0.2, 0) is 25.4 Å². The summed E-state index contributed by atoms with van der Waals surface area (Å²) in [7, 11) is 0. The molecule has 3 heterocycles. The number of amides is 5. The molecular formula is C50H53F3N6O7S. The smallest absolute Gasteiger partial charge is 0.416 e. The number of aliphatic hydroxyl groups is 1. The lowest BCUT2D eigenvalue weighted by molar-refractivity contribution is -0.142. The van der Waals surface area contributed by atoms with Crippen molar-refractivity contribution in [2.75, 3.05) is 26.2 Å². The molecular weight excluding hydrogens is 886 g/mol. The van der Waals surface area contributed by atoms with Gasteiger partial charge in [0.25, 0.3) is 5.91 Å². The van der Waals surface area contributed by atoms with Crippen LogP contribution in [0.5, 0.6) is 11.5 Å². The number of carbonyl (C=O) groups excluding carboxylic acids is 5. The summed E-state index contributed by atoms with van der Waals surface area (Å²) in [6.45, 7) is 10.3. The van der Waals surface area contributed by atoms with Crippen LogP contribution in [0.2, 0.25) is 0 Å². The number of alkyl halides is 3. The molecule has 2 aliphatic rings. The van der Waals surface area contributed by atoms with Crippen LogP contribution in [0.1, 0.15) is 80.2 Å². The van der Waals surface area contributed by atoms with E-state index >= 15 is 0 Å². The maximum Gasteiger partial charge on any atom is 0.416 e. The van der Waals surface area contributed by atoms with Crippen LogP contribution in [0, 0.1) is 24.2 Å². The maximum absolute atomic E-state index is 14.1. The fraction of sp³-hybridized carbons (Fsp3) is 0.380. The number of hydrogen-bond acceptors (Lipinski definition) is 9. The Kier molecular flexibility index (Phi) is 14.6. The summed E-state index contributed by atoms with van der Waals surface area (Å²) in [6.07, 6.45) is -4.35. The van der Waals surface area contributed by atoms with E-state index in [4.69, 9.17) is 4.74 Å². The lowest BCUT2D eigenvalue weighted by atomic mass is 9.80. The maximum atomic E-state index is 14.1. The number of carbonyl (C=O) groups is 5. The minimum Gasteiger partial charge on any atom is -0.457 e. The quantitative estimate of drug-likeness (QED) is 0.0937. The van der Waals surface area contributed by atoms with Gasteiger partial charge in [0, 0.05) is 68.5 Å². The lowest BCUT2D eigenvalue weighted by Gasteiger charge is -2.39. The number of halogens is 3. The molecule has 1 aromatic heterocycles. The highest BCUT2D eigenvalue weighted by Crippen LogP contribution is 2.35. The van der Waals surface area contributed by atoms with Crippen molar-refractivity contribution in [2.45, 2.75) is 78.2 Å². The topological polar surface area (TPSA) is 171 Å². The Morgan fingerprint density at radius 1 is 0.955 bits per heavy atom. The van der Waals surface area contributed by atoms with E-state index in [2.05, 4.69) is 20.6 Å². The Hall–Kier alpha value is -6.46. The second-order valence-corrected chi connectivity index (χ2v) is 19.1. The van der Waals surface area contributed by atoms with Crippen LogP contribution < -0.4 is 15.4 Å². The highest BCUT2D eigenvalue weighted by atomic mass is 32.1. The van der Waals surface area contributed by atoms with Crippen molar-refractivity contribution in [3.8, 4) is 21.9 Å². The van der Waals surface area contributed by atoms with Crippen LogP contribution in [0.4, 0.5) is 13.2 Å². The van der Waals surface area contributed by atoms with Gasteiger partial charge in [-0.25, -0.2) is 9.98 Å². The average molecular weight is 939 g/mol. The summed E-state index contributed by atoms with van der Waals surface area (Å²) in [6, 6.07) is 21.3. The third-order valence-electron chi connectivity index (χ3n) is 12.1. The molecule has 2 saturated heterocycles. The number of nitrogens with zero attached hydrogens (tertiary/aromatic N) is 4. The molecule has 0 bridgehead atoms. The molecule has 17 heteroatoms. The number of aromatic nitrogens is 1. The van der Waals surface area contributed by atoms with Gasteiger partial charge in [0.15, 0.2) is 0 Å². The fourth-order valence-electron chi connectivity index (χ4n) is 8.19. The zero-order valence-corrected chi connectivity index (χ0v) is 38.6.